The summed E-state index contributed by atoms with van der Waals surface area (Å²) in [7, 11) is 0. The summed E-state index contributed by atoms with van der Waals surface area (Å²) < 4.78 is 10.8. The minimum atomic E-state index is -0.575. The highest BCUT2D eigenvalue weighted by Crippen LogP contribution is 2.21. The predicted molar refractivity (Wildman–Crippen MR) is 77.0 cm³/mol. The molecule has 6 nitrogen and oxygen atoms in total. The van der Waals surface area contributed by atoms with Crippen LogP contribution in [0.2, 0.25) is 0 Å². The van der Waals surface area contributed by atoms with Crippen LogP contribution in [-0.4, -0.2) is 49.6 Å². The Bertz CT molecular complexity index is 518. The van der Waals surface area contributed by atoms with E-state index in [9.17, 15) is 9.59 Å². The summed E-state index contributed by atoms with van der Waals surface area (Å²) in [5, 5.41) is 0. The Balaban J connectivity index is 2.15. The molecule has 0 aromatic heterocycles. The molecular formula is C15H20N2O4. The van der Waals surface area contributed by atoms with Crippen LogP contribution < -0.4 is 10.5 Å². The van der Waals surface area contributed by atoms with Crippen LogP contribution in [0.25, 0.3) is 0 Å². The van der Waals surface area contributed by atoms with Gasteiger partial charge in [0.2, 0.25) is 0 Å². The van der Waals surface area contributed by atoms with Gasteiger partial charge in [-0.05, 0) is 18.1 Å². The molecule has 0 bridgehead atoms. The van der Waals surface area contributed by atoms with Gasteiger partial charge >= 0.3 is 0 Å². The summed E-state index contributed by atoms with van der Waals surface area (Å²) in [6.07, 6.45) is 0. The Hall–Kier alpha value is -2.08. The molecule has 1 fully saturated rings. The molecule has 1 atom stereocenters. The molecule has 21 heavy (non-hydrogen) atoms. The van der Waals surface area contributed by atoms with Crippen molar-refractivity contribution < 1.29 is 19.1 Å². The second-order valence-electron chi connectivity index (χ2n) is 5.18. The number of ether oxygens (including phenoxy) is 2. The first kappa shape index (κ1) is 15.3. The number of nitrogens with zero attached hydrogens (tertiary/aromatic N) is 1. The molecule has 6 heteroatoms. The van der Waals surface area contributed by atoms with E-state index in [4.69, 9.17) is 15.2 Å². The quantitative estimate of drug-likeness (QED) is 0.884. The molecule has 1 heterocycles. The van der Waals surface area contributed by atoms with Gasteiger partial charge in [-0.15, -0.1) is 0 Å². The fourth-order valence-electron chi connectivity index (χ4n) is 2.25. The molecule has 2 rings (SSSR count). The average Bonchev–Trinajstić information content (AvgIpc) is 2.69. The molecule has 2 N–H and O–H groups in total. The third-order valence-corrected chi connectivity index (χ3v) is 3.21. The first-order valence-corrected chi connectivity index (χ1v) is 6.95. The molecule has 1 saturated heterocycles. The molecule has 0 aliphatic carbocycles. The number of nitrogens with two attached hydrogens (primary N) is 1. The number of benzene rings is 1. The number of carbonyl (C=O) groups excluding carboxylic acids is 2. The molecule has 114 valence electrons. The van der Waals surface area contributed by atoms with Crippen LogP contribution in [0.5, 0.6) is 5.75 Å². The maximum atomic E-state index is 12.6. The number of primary amides is 1. The van der Waals surface area contributed by atoms with E-state index >= 15 is 0 Å². The van der Waals surface area contributed by atoms with E-state index in [2.05, 4.69) is 0 Å². The lowest BCUT2D eigenvalue weighted by Gasteiger charge is -2.23. The second-order valence-corrected chi connectivity index (χ2v) is 5.18. The molecular weight excluding hydrogens is 272 g/mol. The van der Waals surface area contributed by atoms with Crippen LogP contribution in [-0.2, 0) is 9.53 Å². The zero-order valence-corrected chi connectivity index (χ0v) is 12.1. The van der Waals surface area contributed by atoms with Crippen LogP contribution in [0.15, 0.2) is 24.3 Å². The standard InChI is InChI=1S/C15H20N2O4/c1-11-8-17(6-7-20-9-11)15(19)12-4-2-3-5-13(12)21-10-14(16)18/h2-5,11H,6-10H2,1H3,(H2,16,18). The van der Waals surface area contributed by atoms with Gasteiger partial charge < -0.3 is 20.1 Å². The van der Waals surface area contributed by atoms with Crippen molar-refractivity contribution >= 4 is 11.8 Å². The topological polar surface area (TPSA) is 81.9 Å². The minimum Gasteiger partial charge on any atom is -0.483 e. The van der Waals surface area contributed by atoms with E-state index in [0.29, 0.717) is 37.6 Å². The van der Waals surface area contributed by atoms with Gasteiger partial charge in [0.15, 0.2) is 6.61 Å². The fraction of sp³-hybridized carbons (Fsp3) is 0.467. The van der Waals surface area contributed by atoms with Gasteiger partial charge in [-0.2, -0.15) is 0 Å². The third kappa shape index (κ3) is 4.19. The highest BCUT2D eigenvalue weighted by molar-refractivity contribution is 5.97. The van der Waals surface area contributed by atoms with Crippen molar-refractivity contribution in [2.45, 2.75) is 6.92 Å². The van der Waals surface area contributed by atoms with Crippen molar-refractivity contribution in [3.63, 3.8) is 0 Å². The highest BCUT2D eigenvalue weighted by atomic mass is 16.5. The number of hydrogen-bond donors (Lipinski definition) is 1. The van der Waals surface area contributed by atoms with E-state index in [1.807, 2.05) is 6.92 Å². The zero-order valence-electron chi connectivity index (χ0n) is 12.1. The normalized spacial score (nSPS) is 18.9. The van der Waals surface area contributed by atoms with E-state index in [-0.39, 0.29) is 18.4 Å². The fourth-order valence-corrected chi connectivity index (χ4v) is 2.25. The van der Waals surface area contributed by atoms with Gasteiger partial charge in [0, 0.05) is 13.1 Å². The lowest BCUT2D eigenvalue weighted by atomic mass is 10.1. The number of para-hydroxylation sites is 1. The minimum absolute atomic E-state index is 0.118. The Morgan fingerprint density at radius 2 is 2.19 bits per heavy atom. The van der Waals surface area contributed by atoms with Crippen LogP contribution >= 0.6 is 0 Å². The van der Waals surface area contributed by atoms with Crippen LogP contribution in [0.1, 0.15) is 17.3 Å². The molecule has 0 radical (unpaired) electrons. The summed E-state index contributed by atoms with van der Waals surface area (Å²) in [6, 6.07) is 6.87. The summed E-state index contributed by atoms with van der Waals surface area (Å²) in [5.41, 5.74) is 5.51. The van der Waals surface area contributed by atoms with Gasteiger partial charge in [-0.25, -0.2) is 0 Å². The Kier molecular flexibility index (Phi) is 5.16. The lowest BCUT2D eigenvalue weighted by Crippen LogP contribution is -2.35. The Morgan fingerprint density at radius 3 is 2.95 bits per heavy atom. The molecule has 1 unspecified atom stereocenters. The smallest absolute Gasteiger partial charge is 0.257 e. The number of carbonyl (C=O) groups is 2. The SMILES string of the molecule is CC1COCCN(C(=O)c2ccccc2OCC(N)=O)C1. The maximum Gasteiger partial charge on any atom is 0.257 e. The summed E-state index contributed by atoms with van der Waals surface area (Å²) in [4.78, 5) is 25.2. The van der Waals surface area contributed by atoms with E-state index < -0.39 is 5.91 Å². The predicted octanol–water partition coefficient (Wildman–Crippen LogP) is 0.659. The first-order valence-electron chi connectivity index (χ1n) is 6.95. The van der Waals surface area contributed by atoms with Gasteiger partial charge in [0.25, 0.3) is 11.8 Å². The van der Waals surface area contributed by atoms with Crippen molar-refractivity contribution in [2.75, 3.05) is 32.9 Å². The van der Waals surface area contributed by atoms with Crippen molar-refractivity contribution in [3.05, 3.63) is 29.8 Å². The van der Waals surface area contributed by atoms with Gasteiger partial charge in [-0.1, -0.05) is 19.1 Å². The summed E-state index contributed by atoms with van der Waals surface area (Å²) in [5.74, 6) is -0.0317. The molecule has 1 aliphatic rings. The maximum absolute atomic E-state index is 12.6. The second kappa shape index (κ2) is 7.08. The van der Waals surface area contributed by atoms with Crippen LogP contribution in [0, 0.1) is 5.92 Å². The number of rotatable bonds is 4. The third-order valence-electron chi connectivity index (χ3n) is 3.21. The summed E-state index contributed by atoms with van der Waals surface area (Å²) in [6.45, 7) is 4.17. The highest BCUT2D eigenvalue weighted by Gasteiger charge is 2.23. The van der Waals surface area contributed by atoms with E-state index in [1.54, 1.807) is 29.2 Å². The monoisotopic (exact) mass is 292 g/mol. The Morgan fingerprint density at radius 1 is 1.43 bits per heavy atom. The van der Waals surface area contributed by atoms with Crippen molar-refractivity contribution in [1.29, 1.82) is 0 Å². The van der Waals surface area contributed by atoms with Crippen LogP contribution in [0.4, 0.5) is 0 Å². The Labute approximate surface area is 123 Å². The molecule has 1 aromatic carbocycles. The van der Waals surface area contributed by atoms with Gasteiger partial charge in [0.1, 0.15) is 5.75 Å². The molecule has 2 amide bonds. The number of amides is 2. The zero-order chi connectivity index (χ0) is 15.2. The first-order chi connectivity index (χ1) is 10.1. The molecule has 1 aliphatic heterocycles. The largest absolute Gasteiger partial charge is 0.483 e. The van der Waals surface area contributed by atoms with Crippen molar-refractivity contribution in [3.8, 4) is 5.75 Å². The lowest BCUT2D eigenvalue weighted by molar-refractivity contribution is -0.119. The molecule has 0 saturated carbocycles. The van der Waals surface area contributed by atoms with Crippen LogP contribution in [0.3, 0.4) is 0 Å². The van der Waals surface area contributed by atoms with Gasteiger partial charge in [0.05, 0.1) is 18.8 Å². The van der Waals surface area contributed by atoms with Gasteiger partial charge in [-0.3, -0.25) is 9.59 Å². The average molecular weight is 292 g/mol. The van der Waals surface area contributed by atoms with E-state index in [1.165, 1.54) is 0 Å². The number of hydrogen-bond acceptors (Lipinski definition) is 4. The molecule has 0 spiro atoms. The van der Waals surface area contributed by atoms with Crippen molar-refractivity contribution in [2.24, 2.45) is 11.7 Å². The molecule has 1 aromatic rings. The van der Waals surface area contributed by atoms with E-state index in [0.717, 1.165) is 0 Å². The summed E-state index contributed by atoms with van der Waals surface area (Å²) >= 11 is 0. The van der Waals surface area contributed by atoms with Crippen molar-refractivity contribution in [1.82, 2.24) is 4.90 Å².